The highest BCUT2D eigenvalue weighted by Gasteiger charge is 2.16. The molecule has 0 spiro atoms. The number of aromatic carboxylic acids is 1. The van der Waals surface area contributed by atoms with Crippen LogP contribution in [0.3, 0.4) is 0 Å². The van der Waals surface area contributed by atoms with Crippen LogP contribution in [0.4, 0.5) is 10.2 Å². The molecule has 88 valence electrons. The first-order valence-corrected chi connectivity index (χ1v) is 4.91. The molecule has 5 nitrogen and oxygen atoms in total. The topological polar surface area (TPSA) is 81.1 Å². The minimum absolute atomic E-state index is 0.0386. The first-order valence-electron chi connectivity index (χ1n) is 4.53. The largest absolute Gasteiger partial charge is 0.477 e. The van der Waals surface area contributed by atoms with Gasteiger partial charge in [-0.2, -0.15) is 0 Å². The van der Waals surface area contributed by atoms with Crippen molar-refractivity contribution in [3.63, 3.8) is 0 Å². The normalized spacial score (nSPS) is 10.5. The van der Waals surface area contributed by atoms with E-state index in [0.717, 1.165) is 10.9 Å². The molecule has 0 atom stereocenters. The molecule has 0 aliphatic heterocycles. The fraction of sp³-hybridized carbons (Fsp3) is 0. The highest BCUT2D eigenvalue weighted by Crippen LogP contribution is 2.22. The van der Waals surface area contributed by atoms with Crippen molar-refractivity contribution < 1.29 is 14.3 Å². The summed E-state index contributed by atoms with van der Waals surface area (Å²) < 4.78 is 14.7. The van der Waals surface area contributed by atoms with Crippen LogP contribution in [0, 0.1) is 5.82 Å². The van der Waals surface area contributed by atoms with Gasteiger partial charge in [-0.15, -0.1) is 5.10 Å². The number of halogens is 2. The summed E-state index contributed by atoms with van der Waals surface area (Å²) in [5, 5.41) is 12.4. The number of benzene rings is 1. The van der Waals surface area contributed by atoms with E-state index < -0.39 is 11.8 Å². The Morgan fingerprint density at radius 1 is 1.53 bits per heavy atom. The van der Waals surface area contributed by atoms with Gasteiger partial charge in [0.2, 0.25) is 0 Å². The maximum absolute atomic E-state index is 13.6. The predicted molar refractivity (Wildman–Crippen MR) is 59.9 cm³/mol. The second-order valence-electron chi connectivity index (χ2n) is 3.25. The van der Waals surface area contributed by atoms with E-state index in [9.17, 15) is 9.18 Å². The van der Waals surface area contributed by atoms with E-state index in [-0.39, 0.29) is 22.1 Å². The number of carboxylic acid groups (broad SMARTS) is 1. The summed E-state index contributed by atoms with van der Waals surface area (Å²) in [7, 11) is 0. The zero-order valence-corrected chi connectivity index (χ0v) is 9.15. The van der Waals surface area contributed by atoms with Crippen molar-refractivity contribution in [3.8, 4) is 5.69 Å². The Kier molecular flexibility index (Phi) is 2.72. The number of nitrogen functional groups attached to an aromatic ring is 1. The molecule has 0 bridgehead atoms. The van der Waals surface area contributed by atoms with Gasteiger partial charge in [0.15, 0.2) is 11.6 Å². The maximum atomic E-state index is 13.6. The summed E-state index contributed by atoms with van der Waals surface area (Å²) in [6.07, 6.45) is 1.13. The molecule has 0 saturated carbocycles. The monoisotopic (exact) mass is 255 g/mol. The van der Waals surface area contributed by atoms with Crippen LogP contribution >= 0.6 is 11.6 Å². The van der Waals surface area contributed by atoms with Gasteiger partial charge in [0.25, 0.3) is 0 Å². The average molecular weight is 256 g/mol. The zero-order chi connectivity index (χ0) is 12.6. The molecule has 0 aliphatic carbocycles. The Morgan fingerprint density at radius 2 is 2.24 bits per heavy atom. The van der Waals surface area contributed by atoms with E-state index in [1.54, 1.807) is 0 Å². The lowest BCUT2D eigenvalue weighted by molar-refractivity contribution is 0.0698. The van der Waals surface area contributed by atoms with E-state index in [0.29, 0.717) is 0 Å². The molecule has 0 radical (unpaired) electrons. The van der Waals surface area contributed by atoms with Gasteiger partial charge in [-0.3, -0.25) is 0 Å². The van der Waals surface area contributed by atoms with Crippen molar-refractivity contribution in [1.82, 2.24) is 9.78 Å². The van der Waals surface area contributed by atoms with Gasteiger partial charge in [0, 0.05) is 6.20 Å². The number of hydrogen-bond acceptors (Lipinski definition) is 3. The fourth-order valence-corrected chi connectivity index (χ4v) is 1.51. The minimum Gasteiger partial charge on any atom is -0.477 e. The third-order valence-electron chi connectivity index (χ3n) is 2.15. The Bertz CT molecular complexity index is 597. The molecule has 0 aliphatic rings. The van der Waals surface area contributed by atoms with Gasteiger partial charge in [-0.25, -0.2) is 13.9 Å². The van der Waals surface area contributed by atoms with Crippen molar-refractivity contribution in [2.45, 2.75) is 0 Å². The molecular formula is C10H7ClFN3O2. The summed E-state index contributed by atoms with van der Waals surface area (Å²) >= 11 is 5.61. The Morgan fingerprint density at radius 3 is 2.82 bits per heavy atom. The first kappa shape index (κ1) is 11.4. The summed E-state index contributed by atoms with van der Waals surface area (Å²) in [6.45, 7) is 0. The molecule has 1 aromatic carbocycles. The quantitative estimate of drug-likeness (QED) is 0.859. The Labute approximate surface area is 100 Å². The molecule has 1 aromatic heterocycles. The predicted octanol–water partition coefficient (Wildman–Crippen LogP) is 1.95. The van der Waals surface area contributed by atoms with Crippen molar-refractivity contribution in [2.24, 2.45) is 0 Å². The summed E-state index contributed by atoms with van der Waals surface area (Å²) in [6, 6.07) is 4.32. The van der Waals surface area contributed by atoms with Gasteiger partial charge in [0.1, 0.15) is 11.3 Å². The molecule has 7 heteroatoms. The van der Waals surface area contributed by atoms with Crippen LogP contribution < -0.4 is 5.73 Å². The van der Waals surface area contributed by atoms with Crippen LogP contribution in [-0.4, -0.2) is 20.9 Å². The van der Waals surface area contributed by atoms with Gasteiger partial charge in [-0.1, -0.05) is 17.7 Å². The molecule has 0 saturated heterocycles. The lowest BCUT2D eigenvalue weighted by Crippen LogP contribution is -1.99. The lowest BCUT2D eigenvalue weighted by Gasteiger charge is -2.03. The van der Waals surface area contributed by atoms with Crippen LogP contribution in [-0.2, 0) is 0 Å². The highest BCUT2D eigenvalue weighted by atomic mass is 35.5. The SMILES string of the molecule is Nc1nn(-c2cccc(Cl)c2F)cc1C(=O)O. The van der Waals surface area contributed by atoms with Crippen LogP contribution in [0.2, 0.25) is 5.02 Å². The molecule has 0 unspecified atom stereocenters. The van der Waals surface area contributed by atoms with Gasteiger partial charge >= 0.3 is 5.97 Å². The molecule has 2 aromatic rings. The molecule has 1 heterocycles. The maximum Gasteiger partial charge on any atom is 0.341 e. The number of hydrogen-bond donors (Lipinski definition) is 2. The van der Waals surface area contributed by atoms with E-state index in [4.69, 9.17) is 22.4 Å². The molecule has 0 fully saturated rings. The number of carboxylic acids is 1. The van der Waals surface area contributed by atoms with Crippen molar-refractivity contribution in [3.05, 3.63) is 40.8 Å². The average Bonchev–Trinajstić information content (AvgIpc) is 2.64. The summed E-state index contributed by atoms with van der Waals surface area (Å²) in [5.74, 6) is -2.10. The van der Waals surface area contributed by atoms with Gasteiger partial charge in [0.05, 0.1) is 5.02 Å². The van der Waals surface area contributed by atoms with E-state index in [1.807, 2.05) is 0 Å². The van der Waals surface area contributed by atoms with Crippen LogP contribution in [0.5, 0.6) is 0 Å². The second kappa shape index (κ2) is 4.06. The smallest absolute Gasteiger partial charge is 0.341 e. The van der Waals surface area contributed by atoms with E-state index in [1.165, 1.54) is 18.2 Å². The van der Waals surface area contributed by atoms with Crippen LogP contribution in [0.1, 0.15) is 10.4 Å². The number of anilines is 1. The second-order valence-corrected chi connectivity index (χ2v) is 3.66. The lowest BCUT2D eigenvalue weighted by atomic mass is 10.3. The standard InChI is InChI=1S/C10H7ClFN3O2/c11-6-2-1-3-7(8(6)12)15-4-5(10(16)17)9(13)14-15/h1-4H,(H2,13,14)(H,16,17). The van der Waals surface area contributed by atoms with Gasteiger partial charge in [-0.05, 0) is 12.1 Å². The first-order chi connectivity index (χ1) is 8.00. The van der Waals surface area contributed by atoms with Crippen molar-refractivity contribution >= 4 is 23.4 Å². The minimum atomic E-state index is -1.23. The summed E-state index contributed by atoms with van der Waals surface area (Å²) in [4.78, 5) is 10.8. The van der Waals surface area contributed by atoms with Crippen molar-refractivity contribution in [1.29, 1.82) is 0 Å². The van der Waals surface area contributed by atoms with Crippen LogP contribution in [0.15, 0.2) is 24.4 Å². The molecule has 3 N–H and O–H groups in total. The summed E-state index contributed by atoms with van der Waals surface area (Å²) in [5.41, 5.74) is 5.25. The number of carbonyl (C=O) groups is 1. The van der Waals surface area contributed by atoms with Crippen LogP contribution in [0.25, 0.3) is 5.69 Å². The van der Waals surface area contributed by atoms with Crippen molar-refractivity contribution in [2.75, 3.05) is 5.73 Å². The Hall–Kier alpha value is -2.08. The highest BCUT2D eigenvalue weighted by molar-refractivity contribution is 6.30. The molecule has 0 amide bonds. The van der Waals surface area contributed by atoms with E-state index >= 15 is 0 Å². The number of aromatic nitrogens is 2. The number of nitrogens with two attached hydrogens (primary N) is 1. The molecular weight excluding hydrogens is 249 g/mol. The third kappa shape index (κ3) is 1.94. The zero-order valence-electron chi connectivity index (χ0n) is 8.39. The molecule has 2 rings (SSSR count). The molecule has 17 heavy (non-hydrogen) atoms. The third-order valence-corrected chi connectivity index (χ3v) is 2.44. The van der Waals surface area contributed by atoms with E-state index in [2.05, 4.69) is 5.10 Å². The van der Waals surface area contributed by atoms with Gasteiger partial charge < -0.3 is 10.8 Å². The number of nitrogens with zero attached hydrogens (tertiary/aromatic N) is 2. The number of rotatable bonds is 2. The Balaban J connectivity index is 2.58. The fourth-order valence-electron chi connectivity index (χ4n) is 1.34.